The normalized spacial score (nSPS) is 12.5. The number of nitrogens with two attached hydrogens (primary N) is 1. The average Bonchev–Trinajstić information content (AvgIpc) is 2.05. The van der Waals surface area contributed by atoms with Gasteiger partial charge in [-0.05, 0) is 25.8 Å². The number of hydrogen-bond donors (Lipinski definition) is 1. The number of rotatable bonds is 7. The molecule has 1 unspecified atom stereocenters. The molecule has 12 heavy (non-hydrogen) atoms. The Morgan fingerprint density at radius 2 is 2.33 bits per heavy atom. The zero-order valence-corrected chi connectivity index (χ0v) is 7.88. The Kier molecular flexibility index (Phi) is 6.67. The topological polar surface area (TPSA) is 43.1 Å². The van der Waals surface area contributed by atoms with Gasteiger partial charge in [0.1, 0.15) is 5.78 Å². The van der Waals surface area contributed by atoms with E-state index in [0.717, 1.165) is 19.3 Å². The van der Waals surface area contributed by atoms with Crippen molar-refractivity contribution in [3.8, 4) is 0 Å². The summed E-state index contributed by atoms with van der Waals surface area (Å²) in [4.78, 5) is 11.3. The second-order valence-corrected chi connectivity index (χ2v) is 3.13. The van der Waals surface area contributed by atoms with E-state index < -0.39 is 0 Å². The molecule has 0 aliphatic rings. The maximum atomic E-state index is 11.3. The van der Waals surface area contributed by atoms with Crippen molar-refractivity contribution in [2.75, 3.05) is 6.54 Å². The van der Waals surface area contributed by atoms with Crippen molar-refractivity contribution in [1.82, 2.24) is 0 Å². The predicted molar refractivity (Wildman–Crippen MR) is 51.9 cm³/mol. The van der Waals surface area contributed by atoms with Gasteiger partial charge in [-0.25, -0.2) is 0 Å². The number of Topliss-reactive ketones (excluding diaryl/α,β-unsaturated/α-hetero) is 1. The third-order valence-corrected chi connectivity index (χ3v) is 1.98. The smallest absolute Gasteiger partial charge is 0.135 e. The SMILES string of the molecule is C=CCCCC(=O)C(C)CCN. The van der Waals surface area contributed by atoms with Gasteiger partial charge in [-0.15, -0.1) is 6.58 Å². The van der Waals surface area contributed by atoms with E-state index in [1.807, 2.05) is 13.0 Å². The number of unbranched alkanes of at least 4 members (excludes halogenated alkanes) is 1. The minimum absolute atomic E-state index is 0.139. The molecule has 0 aromatic rings. The van der Waals surface area contributed by atoms with Crippen LogP contribution in [0.5, 0.6) is 0 Å². The fourth-order valence-electron chi connectivity index (χ4n) is 1.08. The molecule has 0 aliphatic carbocycles. The molecule has 0 aliphatic heterocycles. The van der Waals surface area contributed by atoms with Crippen LogP contribution < -0.4 is 5.73 Å². The molecule has 0 saturated carbocycles. The maximum Gasteiger partial charge on any atom is 0.135 e. The highest BCUT2D eigenvalue weighted by molar-refractivity contribution is 5.80. The van der Waals surface area contributed by atoms with Crippen molar-refractivity contribution in [2.45, 2.75) is 32.6 Å². The molecule has 2 nitrogen and oxygen atoms in total. The van der Waals surface area contributed by atoms with Crippen LogP contribution >= 0.6 is 0 Å². The summed E-state index contributed by atoms with van der Waals surface area (Å²) in [6, 6.07) is 0. The van der Waals surface area contributed by atoms with E-state index in [-0.39, 0.29) is 5.92 Å². The van der Waals surface area contributed by atoms with Crippen molar-refractivity contribution in [1.29, 1.82) is 0 Å². The third-order valence-electron chi connectivity index (χ3n) is 1.98. The third kappa shape index (κ3) is 5.08. The van der Waals surface area contributed by atoms with Crippen LogP contribution in [0.2, 0.25) is 0 Å². The summed E-state index contributed by atoms with van der Waals surface area (Å²) in [6.07, 6.45) is 5.19. The van der Waals surface area contributed by atoms with Gasteiger partial charge in [0.15, 0.2) is 0 Å². The molecule has 0 fully saturated rings. The van der Waals surface area contributed by atoms with Crippen LogP contribution in [0.3, 0.4) is 0 Å². The predicted octanol–water partition coefficient (Wildman–Crippen LogP) is 1.90. The molecule has 70 valence electrons. The van der Waals surface area contributed by atoms with Crippen LogP contribution in [-0.4, -0.2) is 12.3 Å². The molecule has 0 aromatic heterocycles. The van der Waals surface area contributed by atoms with E-state index in [1.54, 1.807) is 0 Å². The van der Waals surface area contributed by atoms with Gasteiger partial charge < -0.3 is 5.73 Å². The summed E-state index contributed by atoms with van der Waals surface area (Å²) in [7, 11) is 0. The molecular formula is C10H19NO. The van der Waals surface area contributed by atoms with Gasteiger partial charge in [0, 0.05) is 12.3 Å². The number of hydrogen-bond acceptors (Lipinski definition) is 2. The highest BCUT2D eigenvalue weighted by Gasteiger charge is 2.10. The molecule has 0 radical (unpaired) electrons. The molecule has 1 atom stereocenters. The van der Waals surface area contributed by atoms with Gasteiger partial charge in [-0.3, -0.25) is 4.79 Å². The molecule has 2 heteroatoms. The van der Waals surface area contributed by atoms with E-state index in [2.05, 4.69) is 6.58 Å². The first-order chi connectivity index (χ1) is 5.72. The van der Waals surface area contributed by atoms with E-state index in [4.69, 9.17) is 5.73 Å². The fourth-order valence-corrected chi connectivity index (χ4v) is 1.08. The van der Waals surface area contributed by atoms with Gasteiger partial charge in [0.2, 0.25) is 0 Å². The molecule has 0 bridgehead atoms. The van der Waals surface area contributed by atoms with Crippen LogP contribution in [0.15, 0.2) is 12.7 Å². The van der Waals surface area contributed by atoms with E-state index in [1.165, 1.54) is 0 Å². The van der Waals surface area contributed by atoms with E-state index in [9.17, 15) is 4.79 Å². The molecule has 0 spiro atoms. The fraction of sp³-hybridized carbons (Fsp3) is 0.700. The van der Waals surface area contributed by atoms with Gasteiger partial charge in [-0.1, -0.05) is 13.0 Å². The highest BCUT2D eigenvalue weighted by atomic mass is 16.1. The van der Waals surface area contributed by atoms with Gasteiger partial charge in [0.05, 0.1) is 0 Å². The Balaban J connectivity index is 3.49. The quantitative estimate of drug-likeness (QED) is 0.467. The largest absolute Gasteiger partial charge is 0.330 e. The summed E-state index contributed by atoms with van der Waals surface area (Å²) in [6.45, 7) is 6.16. The standard InChI is InChI=1S/C10H19NO/c1-3-4-5-6-10(12)9(2)7-8-11/h3,9H,1,4-8,11H2,2H3. The van der Waals surface area contributed by atoms with Crippen LogP contribution in [0.1, 0.15) is 32.6 Å². The Morgan fingerprint density at radius 1 is 1.67 bits per heavy atom. The Morgan fingerprint density at radius 3 is 2.83 bits per heavy atom. The zero-order valence-electron chi connectivity index (χ0n) is 7.88. The second-order valence-electron chi connectivity index (χ2n) is 3.13. The Bertz CT molecular complexity index is 143. The van der Waals surface area contributed by atoms with Gasteiger partial charge >= 0.3 is 0 Å². The first-order valence-corrected chi connectivity index (χ1v) is 4.56. The van der Waals surface area contributed by atoms with Crippen LogP contribution in [-0.2, 0) is 4.79 Å². The number of ketones is 1. The monoisotopic (exact) mass is 169 g/mol. The molecular weight excluding hydrogens is 150 g/mol. The van der Waals surface area contributed by atoms with Gasteiger partial charge in [-0.2, -0.15) is 0 Å². The summed E-state index contributed by atoms with van der Waals surface area (Å²) in [5.74, 6) is 0.474. The maximum absolute atomic E-state index is 11.3. The molecule has 0 amide bonds. The van der Waals surface area contributed by atoms with Gasteiger partial charge in [0.25, 0.3) is 0 Å². The van der Waals surface area contributed by atoms with E-state index >= 15 is 0 Å². The van der Waals surface area contributed by atoms with Crippen molar-refractivity contribution in [3.05, 3.63) is 12.7 Å². The number of carbonyl (C=O) groups excluding carboxylic acids is 1. The van der Waals surface area contributed by atoms with Crippen molar-refractivity contribution in [3.63, 3.8) is 0 Å². The summed E-state index contributed by atoms with van der Waals surface area (Å²) >= 11 is 0. The lowest BCUT2D eigenvalue weighted by atomic mass is 9.98. The van der Waals surface area contributed by atoms with Crippen LogP contribution in [0.25, 0.3) is 0 Å². The van der Waals surface area contributed by atoms with Crippen LogP contribution in [0.4, 0.5) is 0 Å². The van der Waals surface area contributed by atoms with E-state index in [0.29, 0.717) is 18.7 Å². The first kappa shape index (κ1) is 11.4. The zero-order chi connectivity index (χ0) is 9.40. The summed E-state index contributed by atoms with van der Waals surface area (Å²) < 4.78 is 0. The molecule has 2 N–H and O–H groups in total. The minimum Gasteiger partial charge on any atom is -0.330 e. The lowest BCUT2D eigenvalue weighted by molar-refractivity contribution is -0.122. The lowest BCUT2D eigenvalue weighted by Gasteiger charge is -2.07. The average molecular weight is 169 g/mol. The lowest BCUT2D eigenvalue weighted by Crippen LogP contribution is -2.15. The van der Waals surface area contributed by atoms with Crippen LogP contribution in [0, 0.1) is 5.92 Å². The molecule has 0 heterocycles. The van der Waals surface area contributed by atoms with Crippen molar-refractivity contribution in [2.24, 2.45) is 11.7 Å². The summed E-state index contributed by atoms with van der Waals surface area (Å²) in [5.41, 5.74) is 5.35. The summed E-state index contributed by atoms with van der Waals surface area (Å²) in [5, 5.41) is 0. The Hall–Kier alpha value is -0.630. The molecule has 0 rings (SSSR count). The Labute approximate surface area is 74.8 Å². The number of allylic oxidation sites excluding steroid dienone is 1. The highest BCUT2D eigenvalue weighted by Crippen LogP contribution is 2.08. The van der Waals surface area contributed by atoms with Crippen molar-refractivity contribution < 1.29 is 4.79 Å². The van der Waals surface area contributed by atoms with Crippen molar-refractivity contribution >= 4 is 5.78 Å². The molecule has 0 aromatic carbocycles. The first-order valence-electron chi connectivity index (χ1n) is 4.56. The molecule has 0 saturated heterocycles. The minimum atomic E-state index is 0.139. The second kappa shape index (κ2) is 7.04. The number of carbonyl (C=O) groups is 1.